The first-order valence-corrected chi connectivity index (χ1v) is 11.4. The molecule has 0 aliphatic carbocycles. The molecule has 5 nitrogen and oxygen atoms in total. The van der Waals surface area contributed by atoms with Crippen LogP contribution in [0.3, 0.4) is 0 Å². The van der Waals surface area contributed by atoms with E-state index in [1.165, 1.54) is 11.8 Å². The maximum atomic E-state index is 12.5. The van der Waals surface area contributed by atoms with Crippen LogP contribution in [0.25, 0.3) is 0 Å². The molecule has 0 saturated carbocycles. The summed E-state index contributed by atoms with van der Waals surface area (Å²) < 4.78 is 24.1. The molecule has 1 aromatic carbocycles. The molecule has 25 heavy (non-hydrogen) atoms. The number of carbonyl (C=O) groups excluding carboxylic acids is 1. The molecule has 2 fully saturated rings. The van der Waals surface area contributed by atoms with Crippen LogP contribution in [0.4, 0.5) is 0 Å². The van der Waals surface area contributed by atoms with Gasteiger partial charge < -0.3 is 4.90 Å². The molecule has 7 heteroatoms. The maximum absolute atomic E-state index is 12.5. The second-order valence-electron chi connectivity index (χ2n) is 6.66. The van der Waals surface area contributed by atoms with Gasteiger partial charge in [0.1, 0.15) is 0 Å². The lowest BCUT2D eigenvalue weighted by atomic mass is 10.0. The Labute approximate surface area is 153 Å². The van der Waals surface area contributed by atoms with Crippen molar-refractivity contribution in [3.05, 3.63) is 35.9 Å². The van der Waals surface area contributed by atoms with Crippen LogP contribution in [-0.2, 0) is 21.2 Å². The van der Waals surface area contributed by atoms with Crippen molar-refractivity contribution in [2.45, 2.75) is 44.5 Å². The van der Waals surface area contributed by atoms with Crippen LogP contribution in [-0.4, -0.2) is 47.2 Å². The molecular formula is C18H24N2O3S2. The van der Waals surface area contributed by atoms with Gasteiger partial charge in [0.25, 0.3) is 5.91 Å². The Bertz CT molecular complexity index is 758. The summed E-state index contributed by atoms with van der Waals surface area (Å²) >= 11 is 1.45. The molecule has 0 unspecified atom stereocenters. The Kier molecular flexibility index (Phi) is 5.53. The van der Waals surface area contributed by atoms with E-state index in [0.717, 1.165) is 18.4 Å². The Hall–Kier alpha value is -1.34. The number of aliphatic imine (C=N–C) groups is 1. The van der Waals surface area contributed by atoms with Gasteiger partial charge in [0.15, 0.2) is 15.0 Å². The van der Waals surface area contributed by atoms with E-state index in [1.54, 1.807) is 0 Å². The van der Waals surface area contributed by atoms with E-state index >= 15 is 0 Å². The molecule has 2 atom stereocenters. The molecule has 0 spiro atoms. The van der Waals surface area contributed by atoms with E-state index in [4.69, 9.17) is 0 Å². The van der Waals surface area contributed by atoms with Crippen LogP contribution >= 0.6 is 11.8 Å². The molecular weight excluding hydrogens is 356 g/mol. The number of benzene rings is 1. The Balaban J connectivity index is 1.87. The highest BCUT2D eigenvalue weighted by Gasteiger charge is 2.48. The minimum atomic E-state index is -3.01. The third kappa shape index (κ3) is 4.08. The number of rotatable bonds is 5. The first-order valence-electron chi connectivity index (χ1n) is 8.73. The summed E-state index contributed by atoms with van der Waals surface area (Å²) in [5.41, 5.74) is 1.09. The number of hydrogen-bond acceptors (Lipinski definition) is 4. The fourth-order valence-corrected chi connectivity index (χ4v) is 7.38. The summed E-state index contributed by atoms with van der Waals surface area (Å²) in [4.78, 5) is 18.9. The Morgan fingerprint density at radius 2 is 1.92 bits per heavy atom. The summed E-state index contributed by atoms with van der Waals surface area (Å²) in [6, 6.07) is 9.82. The molecule has 136 valence electrons. The Morgan fingerprint density at radius 3 is 2.56 bits per heavy atom. The second-order valence-corrected chi connectivity index (χ2v) is 10.0. The number of fused-ring (bicyclic) bond motifs is 1. The minimum Gasteiger partial charge on any atom is -0.342 e. The second kappa shape index (κ2) is 7.50. The van der Waals surface area contributed by atoms with Crippen LogP contribution in [0, 0.1) is 5.92 Å². The number of amidine groups is 1. The normalized spacial score (nSPS) is 26.4. The quantitative estimate of drug-likeness (QED) is 0.786. The lowest BCUT2D eigenvalue weighted by Gasteiger charge is -2.24. The van der Waals surface area contributed by atoms with Crippen molar-refractivity contribution < 1.29 is 13.2 Å². The van der Waals surface area contributed by atoms with Gasteiger partial charge in [-0.15, -0.1) is 0 Å². The molecule has 0 bridgehead atoms. The van der Waals surface area contributed by atoms with Gasteiger partial charge in [0.05, 0.1) is 17.5 Å². The van der Waals surface area contributed by atoms with Gasteiger partial charge in [-0.1, -0.05) is 55.9 Å². The average molecular weight is 381 g/mol. The van der Waals surface area contributed by atoms with Crippen molar-refractivity contribution in [3.8, 4) is 0 Å². The number of amides is 1. The van der Waals surface area contributed by atoms with Crippen molar-refractivity contribution in [2.24, 2.45) is 10.9 Å². The molecule has 3 rings (SSSR count). The number of nitrogens with zero attached hydrogens (tertiary/aromatic N) is 2. The van der Waals surface area contributed by atoms with Crippen molar-refractivity contribution in [1.29, 1.82) is 0 Å². The smallest absolute Gasteiger partial charge is 0.251 e. The van der Waals surface area contributed by atoms with Gasteiger partial charge in [0.2, 0.25) is 0 Å². The van der Waals surface area contributed by atoms with E-state index in [1.807, 2.05) is 49.1 Å². The molecule has 1 aromatic rings. The molecule has 0 radical (unpaired) electrons. The average Bonchev–Trinajstić information content (AvgIpc) is 3.02. The van der Waals surface area contributed by atoms with Gasteiger partial charge in [0, 0.05) is 17.7 Å². The monoisotopic (exact) mass is 380 g/mol. The van der Waals surface area contributed by atoms with E-state index in [9.17, 15) is 13.2 Å². The van der Waals surface area contributed by atoms with Crippen LogP contribution < -0.4 is 0 Å². The van der Waals surface area contributed by atoms with Gasteiger partial charge in [-0.25, -0.2) is 8.42 Å². The molecule has 2 heterocycles. The largest absolute Gasteiger partial charge is 0.342 e. The molecule has 1 amide bonds. The zero-order valence-electron chi connectivity index (χ0n) is 14.6. The highest BCUT2D eigenvalue weighted by atomic mass is 32.2. The highest BCUT2D eigenvalue weighted by Crippen LogP contribution is 2.39. The van der Waals surface area contributed by atoms with E-state index in [-0.39, 0.29) is 34.6 Å². The molecule has 0 N–H and O–H groups in total. The minimum absolute atomic E-state index is 0.0260. The lowest BCUT2D eigenvalue weighted by Crippen LogP contribution is -2.37. The summed E-state index contributed by atoms with van der Waals surface area (Å²) in [6.45, 7) is 4.58. The van der Waals surface area contributed by atoms with E-state index in [2.05, 4.69) is 4.99 Å². The van der Waals surface area contributed by atoms with E-state index < -0.39 is 9.84 Å². The van der Waals surface area contributed by atoms with Gasteiger partial charge in [-0.3, -0.25) is 4.79 Å². The van der Waals surface area contributed by atoms with Gasteiger partial charge in [-0.2, -0.15) is 4.99 Å². The predicted octanol–water partition coefficient (Wildman–Crippen LogP) is 2.72. The zero-order valence-corrected chi connectivity index (χ0v) is 16.2. The topological polar surface area (TPSA) is 66.8 Å². The van der Waals surface area contributed by atoms with Crippen LogP contribution in [0.1, 0.15) is 32.3 Å². The summed E-state index contributed by atoms with van der Waals surface area (Å²) in [5.74, 6) is 0.172. The SMILES string of the molecule is CCC(CC)C(=O)N=C1S[C@@H]2CS(=O)(=O)C[C@H]2N1Cc1ccccc1. The van der Waals surface area contributed by atoms with Crippen LogP contribution in [0.15, 0.2) is 35.3 Å². The standard InChI is InChI=1S/C18H24N2O3S2/c1-3-14(4-2)17(21)19-18-20(10-13-8-6-5-7-9-13)15-11-25(22,23)12-16(15)24-18/h5-9,14-16H,3-4,10-12H2,1-2H3/t15-,16-/m1/s1. The van der Waals surface area contributed by atoms with Crippen molar-refractivity contribution in [3.63, 3.8) is 0 Å². The van der Waals surface area contributed by atoms with Crippen molar-refractivity contribution in [2.75, 3.05) is 11.5 Å². The maximum Gasteiger partial charge on any atom is 0.251 e. The third-order valence-corrected chi connectivity index (χ3v) is 8.16. The zero-order chi connectivity index (χ0) is 18.0. The van der Waals surface area contributed by atoms with Crippen molar-refractivity contribution >= 4 is 32.7 Å². The number of hydrogen-bond donors (Lipinski definition) is 0. The van der Waals surface area contributed by atoms with Crippen LogP contribution in [0.5, 0.6) is 0 Å². The summed E-state index contributed by atoms with van der Waals surface area (Å²) in [6.07, 6.45) is 1.55. The Morgan fingerprint density at radius 1 is 1.24 bits per heavy atom. The van der Waals surface area contributed by atoms with Crippen molar-refractivity contribution in [1.82, 2.24) is 4.90 Å². The number of thioether (sulfide) groups is 1. The predicted molar refractivity (Wildman–Crippen MR) is 102 cm³/mol. The molecule has 0 aromatic heterocycles. The first kappa shape index (κ1) is 18.5. The number of carbonyl (C=O) groups is 1. The van der Waals surface area contributed by atoms with Gasteiger partial charge >= 0.3 is 0 Å². The molecule has 2 aliphatic heterocycles. The first-order chi connectivity index (χ1) is 11.9. The van der Waals surface area contributed by atoms with Gasteiger partial charge in [-0.05, 0) is 18.4 Å². The fraction of sp³-hybridized carbons (Fsp3) is 0.556. The third-order valence-electron chi connectivity index (χ3n) is 4.91. The highest BCUT2D eigenvalue weighted by molar-refractivity contribution is 8.15. The molecule has 2 saturated heterocycles. The lowest BCUT2D eigenvalue weighted by molar-refractivity contribution is -0.121. The van der Waals surface area contributed by atoms with E-state index in [0.29, 0.717) is 11.7 Å². The summed E-state index contributed by atoms with van der Waals surface area (Å²) in [7, 11) is -3.01. The van der Waals surface area contributed by atoms with Crippen LogP contribution in [0.2, 0.25) is 0 Å². The molecule has 2 aliphatic rings. The fourth-order valence-electron chi connectivity index (χ4n) is 3.42. The number of sulfone groups is 1. The summed E-state index contributed by atoms with van der Waals surface area (Å²) in [5, 5.41) is 0.660.